The highest BCUT2D eigenvalue weighted by Gasteiger charge is 2.43. The van der Waals surface area contributed by atoms with Crippen molar-refractivity contribution in [2.75, 3.05) is 18.5 Å². The monoisotopic (exact) mass is 814 g/mol. The fourth-order valence-electron chi connectivity index (χ4n) is 7.53. The van der Waals surface area contributed by atoms with E-state index in [1.54, 1.807) is 47.7 Å². The van der Waals surface area contributed by atoms with Crippen LogP contribution in [0.1, 0.15) is 56.2 Å². The fraction of sp³-hybridized carbons (Fsp3) is 0.279. The van der Waals surface area contributed by atoms with E-state index in [2.05, 4.69) is 36.0 Å². The van der Waals surface area contributed by atoms with E-state index in [0.29, 0.717) is 22.6 Å². The van der Waals surface area contributed by atoms with Crippen LogP contribution in [0.3, 0.4) is 0 Å². The molecule has 8 rings (SSSR count). The van der Waals surface area contributed by atoms with Crippen molar-refractivity contribution in [1.29, 1.82) is 0 Å². The van der Waals surface area contributed by atoms with Crippen LogP contribution in [0.25, 0.3) is 43.6 Å². The number of fused-ring (bicyclic) bond motifs is 3. The zero-order valence-corrected chi connectivity index (χ0v) is 33.5. The molecule has 4 atom stereocenters. The normalized spacial score (nSPS) is 16.4. The number of phenols is 1. The number of aryl methyl sites for hydroxylation is 1. The van der Waals surface area contributed by atoms with E-state index in [0.717, 1.165) is 38.0 Å². The zero-order valence-electron chi connectivity index (χ0n) is 32.7. The summed E-state index contributed by atoms with van der Waals surface area (Å²) in [5.74, 6) is -2.01. The van der Waals surface area contributed by atoms with Crippen molar-refractivity contribution >= 4 is 56.7 Å². The number of nitrogens with one attached hydrogen (secondary N) is 3. The number of hydrogen-bond donors (Lipinski definition) is 5. The number of ether oxygens (including phenoxy) is 1. The maximum Gasteiger partial charge on any atom is 0.262 e. The summed E-state index contributed by atoms with van der Waals surface area (Å²) in [6, 6.07) is 22.2. The van der Waals surface area contributed by atoms with Gasteiger partial charge in [-0.15, -0.1) is 21.5 Å². The minimum atomic E-state index is -0.890. The molecule has 0 aliphatic carbocycles. The Labute approximate surface area is 342 Å². The van der Waals surface area contributed by atoms with Crippen LogP contribution in [0.15, 0.2) is 88.9 Å². The molecule has 0 spiro atoms. The lowest BCUT2D eigenvalue weighted by Gasteiger charge is -2.29. The Morgan fingerprint density at radius 2 is 1.81 bits per heavy atom. The Hall–Kier alpha value is -6.65. The molecule has 3 amide bonds. The van der Waals surface area contributed by atoms with Crippen molar-refractivity contribution in [3.63, 3.8) is 0 Å². The predicted molar refractivity (Wildman–Crippen MR) is 222 cm³/mol. The highest BCUT2D eigenvalue weighted by molar-refractivity contribution is 7.13. The molecular formula is C43H42N8O7S. The van der Waals surface area contributed by atoms with Gasteiger partial charge in [-0.05, 0) is 72.4 Å². The summed E-state index contributed by atoms with van der Waals surface area (Å²) < 4.78 is 11.3. The smallest absolute Gasteiger partial charge is 0.262 e. The van der Waals surface area contributed by atoms with Gasteiger partial charge >= 0.3 is 0 Å². The lowest BCUT2D eigenvalue weighted by atomic mass is 9.91. The van der Waals surface area contributed by atoms with E-state index in [1.165, 1.54) is 11.0 Å². The molecule has 59 heavy (non-hydrogen) atoms. The van der Waals surface area contributed by atoms with Crippen molar-refractivity contribution in [3.05, 3.63) is 101 Å². The first-order valence-electron chi connectivity index (χ1n) is 19.2. The molecule has 0 radical (unpaired) electrons. The minimum absolute atomic E-state index is 0.00932. The third kappa shape index (κ3) is 8.09. The highest BCUT2D eigenvalue weighted by atomic mass is 32.1. The molecule has 3 aromatic carbocycles. The third-order valence-corrected chi connectivity index (χ3v) is 11.5. The number of aromatic hydroxyl groups is 1. The number of H-pyrrole nitrogens is 1. The van der Waals surface area contributed by atoms with E-state index < -0.39 is 30.6 Å². The van der Waals surface area contributed by atoms with E-state index in [9.17, 15) is 24.6 Å². The van der Waals surface area contributed by atoms with Crippen LogP contribution in [0, 0.1) is 12.8 Å². The predicted octanol–water partition coefficient (Wildman–Crippen LogP) is 6.50. The average Bonchev–Trinajstić information content (AvgIpc) is 4.03. The number of amides is 3. The molecule has 1 fully saturated rings. The SMILES string of the molecule is Cc1ncsc1-c1ccc([C@H](C)NC(=O)[C@@H]2C[C@@H](O)CN2C(=O)[C@@H](c2cc(OCC(=O)Nc3ccc4[nH]c5nnc(-c6ccccc6O)cc5c4c3)no2)C(C)C)cc1. The number of β-amino-alcohol motifs (C(OH)–C–C–N with tert-alkyl or cyclic N) is 1. The third-order valence-electron chi connectivity index (χ3n) is 10.6. The second-order valence-corrected chi connectivity index (χ2v) is 15.9. The molecule has 16 heteroatoms. The number of hydrogen-bond acceptors (Lipinski definition) is 12. The first-order chi connectivity index (χ1) is 28.4. The first-order valence-corrected chi connectivity index (χ1v) is 20.1. The molecule has 1 saturated heterocycles. The number of aromatic amines is 1. The van der Waals surface area contributed by atoms with E-state index in [4.69, 9.17) is 9.26 Å². The molecule has 0 bridgehead atoms. The summed E-state index contributed by atoms with van der Waals surface area (Å²) >= 11 is 1.57. The standard InChI is InChI=1S/C43H42N8O7S/c1-22(2)39(43(56)51-19-28(52)16-34(51)42(55)45-23(3)25-9-11-26(12-10-25)40-24(4)44-21-59-40)36-18-38(50-58-36)57-20-37(54)46-27-13-14-32-30(15-27)31-17-33(48-49-41(31)47-32)29-7-5-6-8-35(29)53/h5-15,17-18,21-23,28,34,39,52-53H,16,19-20H2,1-4H3,(H,45,55)(H,46,54)(H,47,49)/t23-,28+,34-,39+/m0/s1. The van der Waals surface area contributed by atoms with Crippen molar-refractivity contribution in [1.82, 2.24) is 35.5 Å². The summed E-state index contributed by atoms with van der Waals surface area (Å²) in [4.78, 5) is 50.9. The van der Waals surface area contributed by atoms with Gasteiger partial charge in [-0.1, -0.05) is 50.2 Å². The number of carbonyl (C=O) groups excluding carboxylic acids is 3. The van der Waals surface area contributed by atoms with E-state index >= 15 is 0 Å². The van der Waals surface area contributed by atoms with Gasteiger partial charge < -0.3 is 40.0 Å². The number of aliphatic hydroxyl groups excluding tert-OH is 1. The second-order valence-electron chi connectivity index (χ2n) is 15.0. The number of rotatable bonds is 12. The summed E-state index contributed by atoms with van der Waals surface area (Å²) in [5.41, 5.74) is 7.62. The van der Waals surface area contributed by atoms with Gasteiger partial charge in [-0.3, -0.25) is 14.4 Å². The number of anilines is 1. The Bertz CT molecular complexity index is 2670. The number of aliphatic hydroxyl groups is 1. The van der Waals surface area contributed by atoms with Gasteiger partial charge in [0.25, 0.3) is 11.8 Å². The number of aromatic nitrogens is 5. The molecule has 7 aromatic rings. The van der Waals surface area contributed by atoms with Crippen LogP contribution < -0.4 is 15.4 Å². The lowest BCUT2D eigenvalue weighted by molar-refractivity contribution is -0.141. The van der Waals surface area contributed by atoms with Crippen LogP contribution >= 0.6 is 11.3 Å². The topological polar surface area (TPSA) is 209 Å². The number of phenolic OH excluding ortho intramolecular Hbond substituents is 1. The van der Waals surface area contributed by atoms with Crippen LogP contribution in [0.4, 0.5) is 5.69 Å². The van der Waals surface area contributed by atoms with Crippen LogP contribution in [-0.2, 0) is 14.4 Å². The number of carbonyl (C=O) groups is 3. The van der Waals surface area contributed by atoms with E-state index in [-0.39, 0.29) is 54.1 Å². The Morgan fingerprint density at radius 1 is 1.02 bits per heavy atom. The molecule has 0 unspecified atom stereocenters. The molecular weight excluding hydrogens is 773 g/mol. The molecule has 5 heterocycles. The zero-order chi connectivity index (χ0) is 41.4. The fourth-order valence-corrected chi connectivity index (χ4v) is 8.34. The number of nitrogens with zero attached hydrogens (tertiary/aromatic N) is 5. The summed E-state index contributed by atoms with van der Waals surface area (Å²) in [6.45, 7) is 7.14. The van der Waals surface area contributed by atoms with Gasteiger partial charge in [-0.25, -0.2) is 4.98 Å². The average molecular weight is 815 g/mol. The molecule has 1 aliphatic rings. The Kier molecular flexibility index (Phi) is 10.8. The molecule has 0 saturated carbocycles. The number of thiazole rings is 1. The number of likely N-dealkylation sites (tertiary alicyclic amines) is 1. The van der Waals surface area contributed by atoms with Crippen LogP contribution in [0.2, 0.25) is 0 Å². The van der Waals surface area contributed by atoms with Gasteiger partial charge in [0.05, 0.1) is 33.9 Å². The van der Waals surface area contributed by atoms with Crippen molar-refractivity contribution in [3.8, 4) is 33.3 Å². The van der Waals surface area contributed by atoms with Gasteiger partial charge in [0, 0.05) is 46.6 Å². The molecule has 5 N–H and O–H groups in total. The first kappa shape index (κ1) is 39.2. The Balaban J connectivity index is 0.902. The van der Waals surface area contributed by atoms with Gasteiger partial charge in [0.1, 0.15) is 17.7 Å². The minimum Gasteiger partial charge on any atom is -0.507 e. The molecule has 1 aliphatic heterocycles. The van der Waals surface area contributed by atoms with Gasteiger partial charge in [-0.2, -0.15) is 0 Å². The van der Waals surface area contributed by atoms with E-state index in [1.807, 2.05) is 69.6 Å². The molecule has 4 aromatic heterocycles. The van der Waals surface area contributed by atoms with Crippen LogP contribution in [0.5, 0.6) is 11.6 Å². The summed E-state index contributed by atoms with van der Waals surface area (Å²) in [6.07, 6.45) is -0.780. The Morgan fingerprint density at radius 3 is 2.56 bits per heavy atom. The largest absolute Gasteiger partial charge is 0.507 e. The number of benzene rings is 3. The quantitative estimate of drug-likeness (QED) is 0.0899. The van der Waals surface area contributed by atoms with Crippen LogP contribution in [-0.4, -0.2) is 83.5 Å². The highest BCUT2D eigenvalue weighted by Crippen LogP contribution is 2.35. The number of para-hydroxylation sites is 1. The molecule has 302 valence electrons. The van der Waals surface area contributed by atoms with Crippen molar-refractivity contribution in [2.24, 2.45) is 5.92 Å². The lowest BCUT2D eigenvalue weighted by Crippen LogP contribution is -2.48. The summed E-state index contributed by atoms with van der Waals surface area (Å²) in [5, 5.41) is 40.9. The van der Waals surface area contributed by atoms with Gasteiger partial charge in [0.15, 0.2) is 18.0 Å². The van der Waals surface area contributed by atoms with Crippen molar-refractivity contribution in [2.45, 2.75) is 58.2 Å². The van der Waals surface area contributed by atoms with Gasteiger partial charge in [0.2, 0.25) is 11.8 Å². The summed E-state index contributed by atoms with van der Waals surface area (Å²) in [7, 11) is 0. The second kappa shape index (κ2) is 16.3. The maximum absolute atomic E-state index is 14.1. The van der Waals surface area contributed by atoms with Crippen molar-refractivity contribution < 1.29 is 33.9 Å². The molecule has 15 nitrogen and oxygen atoms in total. The maximum atomic E-state index is 14.1.